The fourth-order valence-electron chi connectivity index (χ4n) is 2.29. The molecule has 0 saturated carbocycles. The van der Waals surface area contributed by atoms with Crippen LogP contribution in [0, 0.1) is 0 Å². The number of ether oxygens (including phenoxy) is 1. The molecule has 90 valence electrons. The van der Waals surface area contributed by atoms with Crippen LogP contribution >= 0.6 is 0 Å². The third-order valence-electron chi connectivity index (χ3n) is 3.36. The van der Waals surface area contributed by atoms with Gasteiger partial charge in [0.05, 0.1) is 12.1 Å². The quantitative estimate of drug-likeness (QED) is 0.874. The molecular weight excluding hydrogens is 210 g/mol. The second-order valence-electron chi connectivity index (χ2n) is 4.47. The summed E-state index contributed by atoms with van der Waals surface area (Å²) in [5.41, 5.74) is 7.23. The Hall–Kier alpha value is -1.38. The lowest BCUT2D eigenvalue weighted by molar-refractivity contribution is 0.130. The van der Waals surface area contributed by atoms with Gasteiger partial charge in [-0.25, -0.2) is 0 Å². The van der Waals surface area contributed by atoms with Crippen molar-refractivity contribution in [2.24, 2.45) is 5.73 Å². The average Bonchev–Trinajstić information content (AvgIpc) is 2.38. The van der Waals surface area contributed by atoms with Gasteiger partial charge < -0.3 is 10.5 Å². The molecule has 2 rings (SSSR count). The molecule has 17 heavy (non-hydrogen) atoms. The summed E-state index contributed by atoms with van der Waals surface area (Å²) in [4.78, 5) is 0. The predicted molar refractivity (Wildman–Crippen MR) is 72.0 cm³/mol. The van der Waals surface area contributed by atoms with Crippen LogP contribution in [-0.2, 0) is 10.3 Å². The smallest absolute Gasteiger partial charge is 0.0684 e. The third-order valence-corrected chi connectivity index (χ3v) is 3.36. The van der Waals surface area contributed by atoms with E-state index in [4.69, 9.17) is 10.5 Å². The van der Waals surface area contributed by atoms with Crippen molar-refractivity contribution in [2.45, 2.75) is 18.9 Å². The van der Waals surface area contributed by atoms with Gasteiger partial charge in [0.2, 0.25) is 0 Å². The summed E-state index contributed by atoms with van der Waals surface area (Å²) in [6, 6.07) is 14.6. The van der Waals surface area contributed by atoms with Crippen LogP contribution in [0.4, 0.5) is 0 Å². The number of fused-ring (bicyclic) bond motifs is 1. The first-order chi connectivity index (χ1) is 8.21. The van der Waals surface area contributed by atoms with E-state index >= 15 is 0 Å². The van der Waals surface area contributed by atoms with E-state index in [2.05, 4.69) is 43.3 Å². The van der Waals surface area contributed by atoms with Crippen molar-refractivity contribution in [3.63, 3.8) is 0 Å². The van der Waals surface area contributed by atoms with E-state index in [1.807, 2.05) is 6.07 Å². The molecule has 0 aliphatic rings. The van der Waals surface area contributed by atoms with Crippen molar-refractivity contribution in [1.82, 2.24) is 0 Å². The zero-order valence-electron chi connectivity index (χ0n) is 10.4. The molecule has 0 fully saturated rings. The summed E-state index contributed by atoms with van der Waals surface area (Å²) in [6.45, 7) is 2.64. The minimum absolute atomic E-state index is 0.407. The molecule has 2 nitrogen and oxygen atoms in total. The number of rotatable bonds is 4. The van der Waals surface area contributed by atoms with Crippen LogP contribution in [0.25, 0.3) is 10.8 Å². The molecule has 0 heterocycles. The molecule has 2 heteroatoms. The van der Waals surface area contributed by atoms with Gasteiger partial charge in [0.15, 0.2) is 0 Å². The number of benzene rings is 2. The molecule has 0 aliphatic heterocycles. The summed E-state index contributed by atoms with van der Waals surface area (Å²) in [5, 5.41) is 2.45. The Morgan fingerprint density at radius 1 is 1.12 bits per heavy atom. The first-order valence-corrected chi connectivity index (χ1v) is 5.97. The molecule has 0 aromatic heterocycles. The minimum Gasteiger partial charge on any atom is -0.382 e. The fraction of sp³-hybridized carbons (Fsp3) is 0.333. The van der Waals surface area contributed by atoms with Gasteiger partial charge in [-0.3, -0.25) is 0 Å². The van der Waals surface area contributed by atoms with Gasteiger partial charge in [-0.05, 0) is 22.8 Å². The van der Waals surface area contributed by atoms with Crippen molar-refractivity contribution in [1.29, 1.82) is 0 Å². The second-order valence-corrected chi connectivity index (χ2v) is 4.47. The third kappa shape index (κ3) is 2.19. The van der Waals surface area contributed by atoms with E-state index in [9.17, 15) is 0 Å². The lowest BCUT2D eigenvalue weighted by atomic mass is 9.85. The monoisotopic (exact) mass is 229 g/mol. The molecule has 1 unspecified atom stereocenters. The zero-order chi connectivity index (χ0) is 12.3. The van der Waals surface area contributed by atoms with Crippen molar-refractivity contribution < 1.29 is 4.74 Å². The lowest BCUT2D eigenvalue weighted by Crippen LogP contribution is -2.40. The van der Waals surface area contributed by atoms with Crippen molar-refractivity contribution in [3.05, 3.63) is 48.0 Å². The molecule has 0 saturated heterocycles. The van der Waals surface area contributed by atoms with E-state index in [-0.39, 0.29) is 0 Å². The number of nitrogens with two attached hydrogens (primary N) is 1. The minimum atomic E-state index is -0.407. The highest BCUT2D eigenvalue weighted by molar-refractivity contribution is 5.86. The highest BCUT2D eigenvalue weighted by Gasteiger charge is 2.26. The first kappa shape index (κ1) is 12.1. The Kier molecular flexibility index (Phi) is 3.46. The maximum Gasteiger partial charge on any atom is 0.0684 e. The van der Waals surface area contributed by atoms with Crippen LogP contribution in [-0.4, -0.2) is 13.7 Å². The fourth-order valence-corrected chi connectivity index (χ4v) is 2.29. The maximum absolute atomic E-state index is 6.47. The van der Waals surface area contributed by atoms with Crippen LogP contribution in [0.15, 0.2) is 42.5 Å². The topological polar surface area (TPSA) is 35.2 Å². The van der Waals surface area contributed by atoms with Gasteiger partial charge in [0.25, 0.3) is 0 Å². The van der Waals surface area contributed by atoms with Crippen molar-refractivity contribution >= 4 is 10.8 Å². The van der Waals surface area contributed by atoms with Gasteiger partial charge in [-0.15, -0.1) is 0 Å². The van der Waals surface area contributed by atoms with Crippen molar-refractivity contribution in [2.75, 3.05) is 13.7 Å². The van der Waals surface area contributed by atoms with Gasteiger partial charge in [-0.2, -0.15) is 0 Å². The Morgan fingerprint density at radius 2 is 1.82 bits per heavy atom. The van der Waals surface area contributed by atoms with Gasteiger partial charge >= 0.3 is 0 Å². The molecule has 0 spiro atoms. The second kappa shape index (κ2) is 4.86. The Labute approximate surface area is 102 Å². The molecule has 0 radical (unpaired) electrons. The van der Waals surface area contributed by atoms with E-state index in [0.29, 0.717) is 6.61 Å². The van der Waals surface area contributed by atoms with E-state index in [1.165, 1.54) is 16.3 Å². The molecule has 2 aromatic rings. The number of methoxy groups -OCH3 is 1. The Morgan fingerprint density at radius 3 is 2.53 bits per heavy atom. The van der Waals surface area contributed by atoms with Crippen molar-refractivity contribution in [3.8, 4) is 0 Å². The molecule has 0 aliphatic carbocycles. The predicted octanol–water partition coefficient (Wildman–Crippen LogP) is 3.05. The molecule has 2 aromatic carbocycles. The van der Waals surface area contributed by atoms with Crippen LogP contribution < -0.4 is 5.73 Å². The SMILES string of the molecule is CCC(N)(COC)c1cccc2ccccc12. The van der Waals surface area contributed by atoms with E-state index in [1.54, 1.807) is 7.11 Å². The first-order valence-electron chi connectivity index (χ1n) is 5.97. The summed E-state index contributed by atoms with van der Waals surface area (Å²) < 4.78 is 5.28. The van der Waals surface area contributed by atoms with E-state index < -0.39 is 5.54 Å². The highest BCUT2D eigenvalue weighted by Crippen LogP contribution is 2.29. The summed E-state index contributed by atoms with van der Waals surface area (Å²) in [5.74, 6) is 0. The number of hydrogen-bond donors (Lipinski definition) is 1. The maximum atomic E-state index is 6.47. The van der Waals surface area contributed by atoms with Gasteiger partial charge in [0, 0.05) is 7.11 Å². The summed E-state index contributed by atoms with van der Waals surface area (Å²) >= 11 is 0. The van der Waals surface area contributed by atoms with Crippen LogP contribution in [0.3, 0.4) is 0 Å². The van der Waals surface area contributed by atoms with Crippen LogP contribution in [0.2, 0.25) is 0 Å². The summed E-state index contributed by atoms with van der Waals surface area (Å²) in [6.07, 6.45) is 0.856. The molecule has 0 bridgehead atoms. The number of hydrogen-bond acceptors (Lipinski definition) is 2. The van der Waals surface area contributed by atoms with Crippen LogP contribution in [0.1, 0.15) is 18.9 Å². The van der Waals surface area contributed by atoms with Gasteiger partial charge in [-0.1, -0.05) is 49.4 Å². The largest absolute Gasteiger partial charge is 0.382 e. The highest BCUT2D eigenvalue weighted by atomic mass is 16.5. The summed E-state index contributed by atoms with van der Waals surface area (Å²) in [7, 11) is 1.70. The molecule has 0 amide bonds. The van der Waals surface area contributed by atoms with E-state index in [0.717, 1.165) is 6.42 Å². The van der Waals surface area contributed by atoms with Crippen LogP contribution in [0.5, 0.6) is 0 Å². The Balaban J connectivity index is 2.61. The Bertz CT molecular complexity index is 504. The lowest BCUT2D eigenvalue weighted by Gasteiger charge is -2.29. The molecular formula is C15H19NO. The van der Waals surface area contributed by atoms with Gasteiger partial charge in [0.1, 0.15) is 0 Å². The standard InChI is InChI=1S/C15H19NO/c1-3-15(16,11-17-2)14-10-6-8-12-7-4-5-9-13(12)14/h4-10H,3,11,16H2,1-2H3. The normalized spacial score (nSPS) is 14.8. The molecule has 1 atom stereocenters. The zero-order valence-corrected chi connectivity index (χ0v) is 10.4. The molecule has 2 N–H and O–H groups in total. The average molecular weight is 229 g/mol.